The number of allylic oxidation sites excluding steroid dienone is 1. The van der Waals surface area contributed by atoms with Crippen LogP contribution in [0.25, 0.3) is 0 Å². The van der Waals surface area contributed by atoms with Crippen molar-refractivity contribution in [2.75, 3.05) is 7.11 Å². The zero-order valence-electron chi connectivity index (χ0n) is 8.67. The van der Waals surface area contributed by atoms with Crippen LogP contribution >= 0.6 is 15.9 Å². The number of ether oxygens (including phenoxy) is 2. The summed E-state index contributed by atoms with van der Waals surface area (Å²) in [5, 5.41) is 0. The van der Waals surface area contributed by atoms with Gasteiger partial charge in [0.05, 0.1) is 18.7 Å². The second-order valence-corrected chi connectivity index (χ2v) is 4.26. The molecule has 0 spiro atoms. The molecule has 0 bridgehead atoms. The minimum atomic E-state index is -3.33. The predicted molar refractivity (Wildman–Crippen MR) is 58.8 cm³/mol. The molecule has 17 heavy (non-hydrogen) atoms. The molecular weight excluding hydrogens is 298 g/mol. The maximum atomic E-state index is 13.9. The zero-order chi connectivity index (χ0) is 12.6. The first-order chi connectivity index (χ1) is 7.95. The Bertz CT molecular complexity index is 511. The smallest absolute Gasteiger partial charge is 0.334 e. The summed E-state index contributed by atoms with van der Waals surface area (Å²) in [5.41, 5.74) is -0.276. The van der Waals surface area contributed by atoms with Gasteiger partial charge in [0.25, 0.3) is 0 Å². The molecule has 1 heterocycles. The van der Waals surface area contributed by atoms with Gasteiger partial charge in [-0.25, -0.2) is 4.79 Å². The summed E-state index contributed by atoms with van der Waals surface area (Å²) in [7, 11) is 1.11. The lowest BCUT2D eigenvalue weighted by molar-refractivity contribution is -0.135. The fraction of sp³-hybridized carbons (Fsp3) is 0.182. The number of halogens is 3. The standard InChI is InChI=1S/C11H7BrF2O3/c1-16-10(15)5-9-11(13,14)7-4-6(12)2-3-8(7)17-9/h2-5H,1H3/b9-5-. The molecule has 1 aromatic carbocycles. The van der Waals surface area contributed by atoms with Gasteiger partial charge in [-0.2, -0.15) is 8.78 Å². The third-order valence-electron chi connectivity index (χ3n) is 2.26. The molecular formula is C11H7BrF2O3. The molecule has 0 unspecified atom stereocenters. The van der Waals surface area contributed by atoms with Gasteiger partial charge >= 0.3 is 11.9 Å². The molecule has 0 amide bonds. The van der Waals surface area contributed by atoms with E-state index in [9.17, 15) is 13.6 Å². The summed E-state index contributed by atoms with van der Waals surface area (Å²) in [6.45, 7) is 0. The first-order valence-corrected chi connectivity index (χ1v) is 5.40. The molecule has 0 atom stereocenters. The van der Waals surface area contributed by atoms with Crippen molar-refractivity contribution in [1.29, 1.82) is 0 Å². The van der Waals surface area contributed by atoms with Gasteiger partial charge in [0.1, 0.15) is 5.75 Å². The monoisotopic (exact) mass is 304 g/mol. The van der Waals surface area contributed by atoms with Gasteiger partial charge in [-0.05, 0) is 18.2 Å². The molecule has 3 nitrogen and oxygen atoms in total. The number of hydrogen-bond donors (Lipinski definition) is 0. The number of fused-ring (bicyclic) bond motifs is 1. The van der Waals surface area contributed by atoms with Gasteiger partial charge in [-0.15, -0.1) is 0 Å². The normalized spacial score (nSPS) is 18.7. The molecule has 0 saturated heterocycles. The molecule has 1 aliphatic rings. The summed E-state index contributed by atoms with van der Waals surface area (Å²) >= 11 is 3.10. The van der Waals surface area contributed by atoms with E-state index in [0.717, 1.165) is 7.11 Å². The molecule has 6 heteroatoms. The fourth-order valence-electron chi connectivity index (χ4n) is 1.44. The Hall–Kier alpha value is -1.43. The van der Waals surface area contributed by atoms with E-state index < -0.39 is 17.7 Å². The van der Waals surface area contributed by atoms with Crippen molar-refractivity contribution in [3.8, 4) is 5.75 Å². The molecule has 0 aromatic heterocycles. The summed E-state index contributed by atoms with van der Waals surface area (Å²) in [4.78, 5) is 11.0. The van der Waals surface area contributed by atoms with Gasteiger partial charge in [-0.3, -0.25) is 0 Å². The number of esters is 1. The van der Waals surface area contributed by atoms with Crippen molar-refractivity contribution in [3.05, 3.63) is 40.1 Å². The Labute approximate surface area is 104 Å². The quantitative estimate of drug-likeness (QED) is 0.591. The lowest BCUT2D eigenvalue weighted by atomic mass is 10.1. The van der Waals surface area contributed by atoms with Gasteiger partial charge < -0.3 is 9.47 Å². The third-order valence-corrected chi connectivity index (χ3v) is 2.75. The van der Waals surface area contributed by atoms with Crippen molar-refractivity contribution in [2.24, 2.45) is 0 Å². The van der Waals surface area contributed by atoms with Crippen LogP contribution in [0.4, 0.5) is 8.78 Å². The highest BCUT2D eigenvalue weighted by atomic mass is 79.9. The minimum Gasteiger partial charge on any atom is -0.466 e. The van der Waals surface area contributed by atoms with Crippen LogP contribution in [0.5, 0.6) is 5.75 Å². The topological polar surface area (TPSA) is 35.5 Å². The molecule has 2 rings (SSSR count). The molecule has 1 aliphatic heterocycles. The van der Waals surface area contributed by atoms with Crippen LogP contribution in [0, 0.1) is 0 Å². The fourth-order valence-corrected chi connectivity index (χ4v) is 1.80. The third kappa shape index (κ3) is 2.04. The number of carbonyl (C=O) groups excluding carboxylic acids is 1. The highest BCUT2D eigenvalue weighted by molar-refractivity contribution is 9.10. The van der Waals surface area contributed by atoms with Gasteiger partial charge in [-0.1, -0.05) is 15.9 Å². The van der Waals surface area contributed by atoms with E-state index in [1.54, 1.807) is 6.07 Å². The molecule has 0 N–H and O–H groups in total. The highest BCUT2D eigenvalue weighted by Gasteiger charge is 2.47. The van der Waals surface area contributed by atoms with Gasteiger partial charge in [0.15, 0.2) is 5.76 Å². The van der Waals surface area contributed by atoms with E-state index in [2.05, 4.69) is 20.7 Å². The zero-order valence-corrected chi connectivity index (χ0v) is 10.3. The SMILES string of the molecule is COC(=O)/C=C1\Oc2ccc(Br)cc2C1(F)F. The summed E-state index contributed by atoms with van der Waals surface area (Å²) < 4.78 is 37.5. The number of alkyl halides is 2. The minimum absolute atomic E-state index is 0.0355. The molecule has 0 aliphatic carbocycles. The van der Waals surface area contributed by atoms with Crippen LogP contribution in [-0.4, -0.2) is 13.1 Å². The summed E-state index contributed by atoms with van der Waals surface area (Å²) in [6.07, 6.45) is 0.647. The van der Waals surface area contributed by atoms with Gasteiger partial charge in [0, 0.05) is 4.47 Å². The highest BCUT2D eigenvalue weighted by Crippen LogP contribution is 2.48. The molecule has 90 valence electrons. The molecule has 1 aromatic rings. The van der Waals surface area contributed by atoms with Crippen LogP contribution in [0.15, 0.2) is 34.5 Å². The summed E-state index contributed by atoms with van der Waals surface area (Å²) in [5.74, 6) is -4.90. The molecule has 0 radical (unpaired) electrons. The van der Waals surface area contributed by atoms with Crippen LogP contribution in [-0.2, 0) is 15.5 Å². The lowest BCUT2D eigenvalue weighted by Gasteiger charge is -2.08. The molecule has 0 saturated carbocycles. The van der Waals surface area contributed by atoms with E-state index in [-0.39, 0.29) is 11.3 Å². The molecule has 0 fully saturated rings. The number of hydrogen-bond acceptors (Lipinski definition) is 3. The second-order valence-electron chi connectivity index (χ2n) is 3.35. The van der Waals surface area contributed by atoms with Crippen molar-refractivity contribution in [3.63, 3.8) is 0 Å². The average molecular weight is 305 g/mol. The van der Waals surface area contributed by atoms with Crippen molar-refractivity contribution >= 4 is 21.9 Å². The average Bonchev–Trinajstić information content (AvgIpc) is 2.52. The van der Waals surface area contributed by atoms with Crippen LogP contribution < -0.4 is 4.74 Å². The van der Waals surface area contributed by atoms with Crippen molar-refractivity contribution in [2.45, 2.75) is 5.92 Å². The maximum absolute atomic E-state index is 13.9. The Kier molecular flexibility index (Phi) is 2.91. The van der Waals surface area contributed by atoms with E-state index >= 15 is 0 Å². The number of carbonyl (C=O) groups is 1. The largest absolute Gasteiger partial charge is 0.466 e. The van der Waals surface area contributed by atoms with E-state index in [4.69, 9.17) is 4.74 Å². The van der Waals surface area contributed by atoms with Crippen molar-refractivity contribution < 1.29 is 23.0 Å². The predicted octanol–water partition coefficient (Wildman–Crippen LogP) is 2.99. The number of rotatable bonds is 1. The summed E-state index contributed by atoms with van der Waals surface area (Å²) in [6, 6.07) is 4.24. The Morgan fingerprint density at radius 2 is 2.24 bits per heavy atom. The first kappa shape index (κ1) is 12.0. The van der Waals surface area contributed by atoms with Crippen LogP contribution in [0.2, 0.25) is 0 Å². The number of methoxy groups -OCH3 is 1. The Morgan fingerprint density at radius 1 is 1.53 bits per heavy atom. The lowest BCUT2D eigenvalue weighted by Crippen LogP contribution is -2.14. The van der Waals surface area contributed by atoms with Crippen molar-refractivity contribution in [1.82, 2.24) is 0 Å². The Morgan fingerprint density at radius 3 is 2.88 bits per heavy atom. The van der Waals surface area contributed by atoms with E-state index in [1.165, 1.54) is 12.1 Å². The first-order valence-electron chi connectivity index (χ1n) is 4.61. The maximum Gasteiger partial charge on any atom is 0.334 e. The Balaban J connectivity index is 2.47. The van der Waals surface area contributed by atoms with Crippen LogP contribution in [0.3, 0.4) is 0 Å². The van der Waals surface area contributed by atoms with Gasteiger partial charge in [0.2, 0.25) is 0 Å². The van der Waals surface area contributed by atoms with E-state index in [1.807, 2.05) is 0 Å². The second kappa shape index (κ2) is 4.10. The number of benzene rings is 1. The van der Waals surface area contributed by atoms with Crippen LogP contribution in [0.1, 0.15) is 5.56 Å². The van der Waals surface area contributed by atoms with E-state index in [0.29, 0.717) is 10.5 Å².